The van der Waals surface area contributed by atoms with E-state index in [1.54, 1.807) is 20.9 Å². The number of ketones is 1. The van der Waals surface area contributed by atoms with Gasteiger partial charge in [-0.25, -0.2) is 0 Å². The van der Waals surface area contributed by atoms with Gasteiger partial charge in [0.1, 0.15) is 0 Å². The molecule has 0 saturated heterocycles. The third kappa shape index (κ3) is 4.03. The van der Waals surface area contributed by atoms with Gasteiger partial charge >= 0.3 is 0 Å². The number of nitrogens with zero attached hydrogens (tertiary/aromatic N) is 1. The minimum atomic E-state index is -0.398. The highest BCUT2D eigenvalue weighted by molar-refractivity contribution is 6.36. The van der Waals surface area contributed by atoms with Crippen LogP contribution in [0.4, 0.5) is 0 Å². The fourth-order valence-electron chi connectivity index (χ4n) is 0.816. The normalized spacial score (nSPS) is 10.2. The van der Waals surface area contributed by atoms with Crippen LogP contribution in [0, 0.1) is 5.92 Å². The first-order valence-corrected chi connectivity index (χ1v) is 4.44. The van der Waals surface area contributed by atoms with Crippen molar-refractivity contribution in [2.24, 2.45) is 5.92 Å². The molecule has 0 aromatic rings. The van der Waals surface area contributed by atoms with E-state index < -0.39 is 5.91 Å². The van der Waals surface area contributed by atoms with Crippen LogP contribution in [0.3, 0.4) is 0 Å². The molecule has 0 atom stereocenters. The first-order valence-electron chi connectivity index (χ1n) is 4.44. The van der Waals surface area contributed by atoms with E-state index in [1.807, 2.05) is 7.05 Å². The number of likely N-dealkylation sites (N-methyl/N-ethyl adjacent to an activating group) is 2. The van der Waals surface area contributed by atoms with E-state index in [9.17, 15) is 9.59 Å². The van der Waals surface area contributed by atoms with Crippen LogP contribution in [-0.2, 0) is 9.59 Å². The van der Waals surface area contributed by atoms with Crippen molar-refractivity contribution in [1.29, 1.82) is 0 Å². The molecule has 76 valence electrons. The first kappa shape index (κ1) is 12.1. The quantitative estimate of drug-likeness (QED) is 0.609. The summed E-state index contributed by atoms with van der Waals surface area (Å²) in [6.07, 6.45) is 0. The number of nitrogens with one attached hydrogen (secondary N) is 1. The Hall–Kier alpha value is -0.900. The molecule has 0 heterocycles. The van der Waals surface area contributed by atoms with E-state index in [0.717, 1.165) is 0 Å². The number of hydrogen-bond donors (Lipinski definition) is 1. The third-order valence-electron chi connectivity index (χ3n) is 1.78. The molecular weight excluding hydrogens is 168 g/mol. The Kier molecular flexibility index (Phi) is 5.30. The standard InChI is InChI=1S/C9H18N2O2/c1-7(2)8(12)9(13)11(4)6-5-10-3/h7,10H,5-6H2,1-4H3. The van der Waals surface area contributed by atoms with Crippen LogP contribution in [0.5, 0.6) is 0 Å². The number of carbonyl (C=O) groups excluding carboxylic acids is 2. The minimum absolute atomic E-state index is 0.218. The van der Waals surface area contributed by atoms with Gasteiger partial charge in [-0.2, -0.15) is 0 Å². The highest BCUT2D eigenvalue weighted by Crippen LogP contribution is 1.97. The van der Waals surface area contributed by atoms with Crippen LogP contribution in [-0.4, -0.2) is 43.8 Å². The number of rotatable bonds is 5. The Morgan fingerprint density at radius 2 is 1.92 bits per heavy atom. The summed E-state index contributed by atoms with van der Waals surface area (Å²) in [6, 6.07) is 0. The number of Topliss-reactive ketones (excluding diaryl/α,β-unsaturated/α-hetero) is 1. The van der Waals surface area contributed by atoms with Gasteiger partial charge in [-0.1, -0.05) is 13.8 Å². The fourth-order valence-corrected chi connectivity index (χ4v) is 0.816. The van der Waals surface area contributed by atoms with Gasteiger partial charge in [0.2, 0.25) is 5.78 Å². The molecule has 0 rings (SSSR count). The molecule has 0 fully saturated rings. The molecule has 0 radical (unpaired) electrons. The highest BCUT2D eigenvalue weighted by Gasteiger charge is 2.20. The van der Waals surface area contributed by atoms with Gasteiger partial charge in [-0.3, -0.25) is 9.59 Å². The monoisotopic (exact) mass is 186 g/mol. The van der Waals surface area contributed by atoms with Crippen molar-refractivity contribution < 1.29 is 9.59 Å². The molecule has 13 heavy (non-hydrogen) atoms. The van der Waals surface area contributed by atoms with Crippen molar-refractivity contribution in [3.63, 3.8) is 0 Å². The van der Waals surface area contributed by atoms with Gasteiger partial charge in [-0.15, -0.1) is 0 Å². The van der Waals surface area contributed by atoms with E-state index in [-0.39, 0.29) is 11.7 Å². The summed E-state index contributed by atoms with van der Waals surface area (Å²) >= 11 is 0. The molecule has 0 saturated carbocycles. The molecule has 0 aromatic carbocycles. The van der Waals surface area contributed by atoms with Crippen LogP contribution in [0.1, 0.15) is 13.8 Å². The maximum Gasteiger partial charge on any atom is 0.289 e. The summed E-state index contributed by atoms with van der Waals surface area (Å²) in [5.74, 6) is -0.937. The second-order valence-corrected chi connectivity index (χ2v) is 3.35. The van der Waals surface area contributed by atoms with Crippen molar-refractivity contribution in [1.82, 2.24) is 10.2 Å². The molecule has 0 unspecified atom stereocenters. The van der Waals surface area contributed by atoms with Crippen molar-refractivity contribution in [2.75, 3.05) is 27.2 Å². The smallest absolute Gasteiger partial charge is 0.289 e. The minimum Gasteiger partial charge on any atom is -0.338 e. The van der Waals surface area contributed by atoms with Crippen molar-refractivity contribution in [2.45, 2.75) is 13.8 Å². The zero-order valence-corrected chi connectivity index (χ0v) is 8.76. The zero-order valence-electron chi connectivity index (χ0n) is 8.76. The maximum absolute atomic E-state index is 11.3. The molecule has 0 bridgehead atoms. The summed E-state index contributed by atoms with van der Waals surface area (Å²) in [5.41, 5.74) is 0. The maximum atomic E-state index is 11.3. The third-order valence-corrected chi connectivity index (χ3v) is 1.78. The van der Waals surface area contributed by atoms with Gasteiger partial charge in [0, 0.05) is 26.1 Å². The summed E-state index contributed by atoms with van der Waals surface area (Å²) < 4.78 is 0. The topological polar surface area (TPSA) is 49.4 Å². The van der Waals surface area contributed by atoms with E-state index in [0.29, 0.717) is 13.1 Å². The molecule has 4 heteroatoms. The van der Waals surface area contributed by atoms with Crippen LogP contribution >= 0.6 is 0 Å². The summed E-state index contributed by atoms with van der Waals surface area (Å²) in [5, 5.41) is 2.92. The fraction of sp³-hybridized carbons (Fsp3) is 0.778. The largest absolute Gasteiger partial charge is 0.338 e. The van der Waals surface area contributed by atoms with Crippen LogP contribution in [0.2, 0.25) is 0 Å². The van der Waals surface area contributed by atoms with Gasteiger partial charge in [0.05, 0.1) is 0 Å². The zero-order chi connectivity index (χ0) is 10.4. The lowest BCUT2D eigenvalue weighted by Crippen LogP contribution is -2.38. The van der Waals surface area contributed by atoms with Crippen molar-refractivity contribution in [3.8, 4) is 0 Å². The summed E-state index contributed by atoms with van der Waals surface area (Å²) in [6.45, 7) is 4.72. The lowest BCUT2D eigenvalue weighted by Gasteiger charge is -2.16. The van der Waals surface area contributed by atoms with E-state index in [1.165, 1.54) is 4.90 Å². The first-order chi connectivity index (χ1) is 6.00. The Morgan fingerprint density at radius 3 is 2.31 bits per heavy atom. The second kappa shape index (κ2) is 5.70. The molecule has 0 spiro atoms. The Balaban J connectivity index is 4.02. The Morgan fingerprint density at radius 1 is 1.38 bits per heavy atom. The average Bonchev–Trinajstić information content (AvgIpc) is 2.11. The molecule has 0 aliphatic rings. The Bertz CT molecular complexity index is 190. The summed E-state index contributed by atoms with van der Waals surface area (Å²) in [4.78, 5) is 24.0. The number of amides is 1. The molecule has 4 nitrogen and oxygen atoms in total. The Labute approximate surface area is 79.3 Å². The van der Waals surface area contributed by atoms with E-state index in [4.69, 9.17) is 0 Å². The lowest BCUT2D eigenvalue weighted by atomic mass is 10.1. The average molecular weight is 186 g/mol. The number of hydrogen-bond acceptors (Lipinski definition) is 3. The predicted octanol–water partition coefficient (Wildman–Crippen LogP) is -0.111. The molecule has 0 aromatic heterocycles. The van der Waals surface area contributed by atoms with Crippen LogP contribution in [0.15, 0.2) is 0 Å². The van der Waals surface area contributed by atoms with Gasteiger partial charge in [0.15, 0.2) is 0 Å². The highest BCUT2D eigenvalue weighted by atomic mass is 16.2. The molecule has 1 amide bonds. The van der Waals surface area contributed by atoms with Crippen LogP contribution in [0.25, 0.3) is 0 Å². The van der Waals surface area contributed by atoms with Gasteiger partial charge < -0.3 is 10.2 Å². The second-order valence-electron chi connectivity index (χ2n) is 3.35. The molecular formula is C9H18N2O2. The van der Waals surface area contributed by atoms with Crippen LogP contribution < -0.4 is 5.32 Å². The van der Waals surface area contributed by atoms with E-state index >= 15 is 0 Å². The SMILES string of the molecule is CNCCN(C)C(=O)C(=O)C(C)C. The predicted molar refractivity (Wildman–Crippen MR) is 51.4 cm³/mol. The lowest BCUT2D eigenvalue weighted by molar-refractivity contribution is -0.145. The molecule has 0 aliphatic carbocycles. The molecule has 0 aliphatic heterocycles. The number of carbonyl (C=O) groups is 2. The van der Waals surface area contributed by atoms with Gasteiger partial charge in [0.25, 0.3) is 5.91 Å². The van der Waals surface area contributed by atoms with Crippen molar-refractivity contribution in [3.05, 3.63) is 0 Å². The van der Waals surface area contributed by atoms with Gasteiger partial charge in [-0.05, 0) is 7.05 Å². The van der Waals surface area contributed by atoms with E-state index in [2.05, 4.69) is 5.32 Å². The van der Waals surface area contributed by atoms with Crippen molar-refractivity contribution >= 4 is 11.7 Å². The molecule has 1 N–H and O–H groups in total. The summed E-state index contributed by atoms with van der Waals surface area (Å²) in [7, 11) is 3.45.